The molecule has 1 N–H and O–H groups in total. The Labute approximate surface area is 175 Å². The van der Waals surface area contributed by atoms with Crippen LogP contribution in [0, 0.1) is 0 Å². The number of ether oxygens (including phenoxy) is 1. The number of nitrogens with zero attached hydrogens (tertiary/aromatic N) is 2. The maximum absolute atomic E-state index is 13.1. The lowest BCUT2D eigenvalue weighted by atomic mass is 10.0. The van der Waals surface area contributed by atoms with Gasteiger partial charge >= 0.3 is 0 Å². The number of amides is 1. The van der Waals surface area contributed by atoms with E-state index < -0.39 is 10.0 Å². The minimum Gasteiger partial charge on any atom is -0.379 e. The van der Waals surface area contributed by atoms with E-state index in [9.17, 15) is 13.2 Å². The zero-order valence-electron chi connectivity index (χ0n) is 16.0. The van der Waals surface area contributed by atoms with Crippen molar-refractivity contribution in [2.24, 2.45) is 0 Å². The monoisotopic (exact) mass is 437 g/mol. The molecule has 2 fully saturated rings. The molecule has 0 radical (unpaired) electrons. The van der Waals surface area contributed by atoms with Crippen LogP contribution in [0.2, 0.25) is 5.02 Å². The van der Waals surface area contributed by atoms with Crippen molar-refractivity contribution < 1.29 is 17.9 Å². The van der Waals surface area contributed by atoms with Crippen molar-refractivity contribution in [1.29, 1.82) is 0 Å². The third-order valence-electron chi connectivity index (χ3n) is 5.55. The van der Waals surface area contributed by atoms with Crippen LogP contribution >= 0.6 is 11.6 Å². The SMILES string of the molecule is O=C(c1cc(S(=O)(=O)N2CCOCC2)c[nH]1)N1CCCC1Cc1ccccc1Cl. The number of carbonyl (C=O) groups excluding carboxylic acids is 1. The molecule has 0 spiro atoms. The number of H-pyrrole nitrogens is 1. The fourth-order valence-corrected chi connectivity index (χ4v) is 5.59. The Morgan fingerprint density at radius 3 is 2.72 bits per heavy atom. The predicted octanol–water partition coefficient (Wildman–Crippen LogP) is 2.54. The van der Waals surface area contributed by atoms with Gasteiger partial charge in [0.1, 0.15) is 10.6 Å². The first-order valence-electron chi connectivity index (χ1n) is 9.77. The number of benzene rings is 1. The van der Waals surface area contributed by atoms with Crippen molar-refractivity contribution >= 4 is 27.5 Å². The molecule has 3 heterocycles. The molecule has 1 aromatic carbocycles. The Morgan fingerprint density at radius 1 is 1.21 bits per heavy atom. The molecular formula is C20H24ClN3O4S. The highest BCUT2D eigenvalue weighted by atomic mass is 35.5. The first-order valence-corrected chi connectivity index (χ1v) is 11.6. The molecule has 1 amide bonds. The molecule has 7 nitrogen and oxygen atoms in total. The highest BCUT2D eigenvalue weighted by Gasteiger charge is 2.32. The molecule has 2 aromatic rings. The van der Waals surface area contributed by atoms with Crippen LogP contribution in [-0.4, -0.2) is 67.4 Å². The molecule has 1 unspecified atom stereocenters. The van der Waals surface area contributed by atoms with Gasteiger partial charge in [0.15, 0.2) is 0 Å². The number of carbonyl (C=O) groups is 1. The Kier molecular flexibility index (Phi) is 5.96. The van der Waals surface area contributed by atoms with E-state index in [-0.39, 0.29) is 16.8 Å². The van der Waals surface area contributed by atoms with Crippen molar-refractivity contribution in [2.45, 2.75) is 30.2 Å². The van der Waals surface area contributed by atoms with Crippen LogP contribution in [0.1, 0.15) is 28.9 Å². The zero-order valence-corrected chi connectivity index (χ0v) is 17.6. The second kappa shape index (κ2) is 8.47. The van der Waals surface area contributed by atoms with E-state index >= 15 is 0 Å². The summed E-state index contributed by atoms with van der Waals surface area (Å²) in [7, 11) is -3.63. The molecule has 0 saturated carbocycles. The summed E-state index contributed by atoms with van der Waals surface area (Å²) in [4.78, 5) is 17.9. The quantitative estimate of drug-likeness (QED) is 0.779. The van der Waals surface area contributed by atoms with Crippen molar-refractivity contribution in [2.75, 3.05) is 32.8 Å². The van der Waals surface area contributed by atoms with Gasteiger partial charge < -0.3 is 14.6 Å². The van der Waals surface area contributed by atoms with E-state index in [0.29, 0.717) is 50.0 Å². The van der Waals surface area contributed by atoms with Crippen molar-refractivity contribution in [3.05, 3.63) is 52.8 Å². The van der Waals surface area contributed by atoms with E-state index in [0.717, 1.165) is 18.4 Å². The van der Waals surface area contributed by atoms with Gasteiger partial charge in [0, 0.05) is 36.9 Å². The van der Waals surface area contributed by atoms with E-state index in [1.807, 2.05) is 29.2 Å². The first kappa shape index (κ1) is 20.4. The van der Waals surface area contributed by atoms with Crippen LogP contribution in [0.25, 0.3) is 0 Å². The van der Waals surface area contributed by atoms with Crippen molar-refractivity contribution in [1.82, 2.24) is 14.2 Å². The number of aromatic amines is 1. The minimum absolute atomic E-state index is 0.0463. The molecule has 1 atom stereocenters. The molecule has 0 bridgehead atoms. The molecule has 2 aliphatic rings. The summed E-state index contributed by atoms with van der Waals surface area (Å²) in [6.45, 7) is 2.06. The fourth-order valence-electron chi connectivity index (χ4n) is 3.97. The summed E-state index contributed by atoms with van der Waals surface area (Å²) in [5.41, 5.74) is 1.31. The van der Waals surface area contributed by atoms with Gasteiger partial charge in [-0.15, -0.1) is 0 Å². The van der Waals surface area contributed by atoms with Crippen LogP contribution in [0.5, 0.6) is 0 Å². The van der Waals surface area contributed by atoms with Gasteiger partial charge in [0.25, 0.3) is 5.91 Å². The van der Waals surface area contributed by atoms with E-state index in [4.69, 9.17) is 16.3 Å². The average Bonchev–Trinajstić information content (AvgIpc) is 3.40. The summed E-state index contributed by atoms with van der Waals surface area (Å²) in [5, 5.41) is 0.700. The predicted molar refractivity (Wildman–Crippen MR) is 110 cm³/mol. The van der Waals surface area contributed by atoms with Crippen LogP contribution in [0.4, 0.5) is 0 Å². The largest absolute Gasteiger partial charge is 0.379 e. The molecule has 4 rings (SSSR count). The molecule has 2 aliphatic heterocycles. The van der Waals surface area contributed by atoms with E-state index in [1.54, 1.807) is 0 Å². The fraction of sp³-hybridized carbons (Fsp3) is 0.450. The van der Waals surface area contributed by atoms with Crippen LogP contribution < -0.4 is 0 Å². The molecule has 1 aromatic heterocycles. The Balaban J connectivity index is 1.50. The number of likely N-dealkylation sites (tertiary alicyclic amines) is 1. The first-order chi connectivity index (χ1) is 14.0. The lowest BCUT2D eigenvalue weighted by molar-refractivity contribution is 0.0727. The molecule has 0 aliphatic carbocycles. The Bertz CT molecular complexity index is 985. The second-order valence-corrected chi connectivity index (χ2v) is 9.70. The zero-order chi connectivity index (χ0) is 20.4. The third-order valence-corrected chi connectivity index (χ3v) is 7.79. The van der Waals surface area contributed by atoms with Gasteiger partial charge in [0.05, 0.1) is 13.2 Å². The number of hydrogen-bond donors (Lipinski definition) is 1. The number of rotatable bonds is 5. The van der Waals surface area contributed by atoms with E-state index in [1.165, 1.54) is 16.6 Å². The molecule has 9 heteroatoms. The number of sulfonamides is 1. The standard InChI is InChI=1S/C20H24ClN3O4S/c21-18-6-2-1-4-15(18)12-16-5-3-7-24(16)20(25)19-13-17(14-22-19)29(26,27)23-8-10-28-11-9-23/h1-2,4,6,13-14,16,22H,3,5,7-12H2. The molecular weight excluding hydrogens is 414 g/mol. The van der Waals surface area contributed by atoms with Crippen LogP contribution in [0.15, 0.2) is 41.4 Å². The number of halogens is 1. The third kappa shape index (κ3) is 4.21. The Hall–Kier alpha value is -1.87. The lowest BCUT2D eigenvalue weighted by Crippen LogP contribution is -2.40. The maximum Gasteiger partial charge on any atom is 0.270 e. The highest BCUT2D eigenvalue weighted by Crippen LogP contribution is 2.27. The summed E-state index contributed by atoms with van der Waals surface area (Å²) in [6, 6.07) is 9.15. The normalized spacial score (nSPS) is 20.9. The number of aromatic nitrogens is 1. The number of hydrogen-bond acceptors (Lipinski definition) is 4. The van der Waals surface area contributed by atoms with Gasteiger partial charge in [-0.2, -0.15) is 4.31 Å². The van der Waals surface area contributed by atoms with Gasteiger partial charge in [-0.1, -0.05) is 29.8 Å². The average molecular weight is 438 g/mol. The maximum atomic E-state index is 13.1. The van der Waals surface area contributed by atoms with Crippen LogP contribution in [0.3, 0.4) is 0 Å². The second-order valence-electron chi connectivity index (χ2n) is 7.36. The molecule has 156 valence electrons. The smallest absolute Gasteiger partial charge is 0.270 e. The summed E-state index contributed by atoms with van der Waals surface area (Å²) in [5.74, 6) is -0.178. The minimum atomic E-state index is -3.63. The molecule has 29 heavy (non-hydrogen) atoms. The summed E-state index contributed by atoms with van der Waals surface area (Å²) >= 11 is 6.28. The van der Waals surface area contributed by atoms with Gasteiger partial charge in [-0.3, -0.25) is 4.79 Å². The summed E-state index contributed by atoms with van der Waals surface area (Å²) < 4.78 is 32.2. The van der Waals surface area contributed by atoms with Crippen molar-refractivity contribution in [3.8, 4) is 0 Å². The van der Waals surface area contributed by atoms with Crippen LogP contribution in [-0.2, 0) is 21.2 Å². The summed E-state index contributed by atoms with van der Waals surface area (Å²) in [6.07, 6.45) is 3.90. The number of nitrogens with one attached hydrogen (secondary N) is 1. The van der Waals surface area contributed by atoms with Crippen molar-refractivity contribution in [3.63, 3.8) is 0 Å². The van der Waals surface area contributed by atoms with Gasteiger partial charge in [0.2, 0.25) is 10.0 Å². The lowest BCUT2D eigenvalue weighted by Gasteiger charge is -2.25. The van der Waals surface area contributed by atoms with E-state index in [2.05, 4.69) is 4.98 Å². The van der Waals surface area contributed by atoms with Gasteiger partial charge in [-0.05, 0) is 37.0 Å². The number of morpholine rings is 1. The highest BCUT2D eigenvalue weighted by molar-refractivity contribution is 7.89. The van der Waals surface area contributed by atoms with Gasteiger partial charge in [-0.25, -0.2) is 8.42 Å². The topological polar surface area (TPSA) is 82.7 Å². The Morgan fingerprint density at radius 2 is 1.97 bits per heavy atom. The molecule has 2 saturated heterocycles.